The summed E-state index contributed by atoms with van der Waals surface area (Å²) in [7, 11) is 1.63. The van der Waals surface area contributed by atoms with Gasteiger partial charge in [0.25, 0.3) is 5.69 Å². The summed E-state index contributed by atoms with van der Waals surface area (Å²) in [5, 5.41) is 26.8. The van der Waals surface area contributed by atoms with Gasteiger partial charge in [-0.15, -0.1) is 0 Å². The fourth-order valence-corrected chi connectivity index (χ4v) is 17.4. The Labute approximate surface area is 601 Å². The van der Waals surface area contributed by atoms with Crippen LogP contribution in [0, 0.1) is 62.3 Å². The molecule has 4 aliphatic rings. The molecule has 3 saturated carbocycles. The molecule has 0 spiro atoms. The number of non-ortho nitro benzene ring substituents is 1. The third-order valence-electron chi connectivity index (χ3n) is 22.8. The van der Waals surface area contributed by atoms with Crippen molar-refractivity contribution in [3.8, 4) is 11.5 Å². The van der Waals surface area contributed by atoms with Crippen molar-refractivity contribution >= 4 is 41.2 Å². The Hall–Kier alpha value is -8.74. The van der Waals surface area contributed by atoms with E-state index in [0.717, 1.165) is 77.2 Å². The van der Waals surface area contributed by atoms with E-state index >= 15 is 0 Å². The Balaban J connectivity index is 0.728. The standard InChI is InChI=1S/C84H105FN6O11/c1-57(2)17-15-18-58(3)73-42-43-74-72-41-30-64-54-71(46-48-82(64,4)75(72)47-49-83(73,74)5)100-52-16-50-86-77(92)44-45-78(93)88-67(53-59-24-31-65(85)32-25-59)55-79(94)90-76(80(95)89-66-33-26-60(27-34-66)56-101-81(96)102-70-39-35-68(36-40-70)91(97)98)23-13-14-51-87-84(61-19-9-7-10-20-61,62-21-11-8-12-22-62)63-28-37-69(99-6)38-29-63/h7-12,19-22,24-40,57-58,67,71-76,87H,13-18,23,41-56H2,1-6H3,(H,86,92)(H,88,93)(H,89,95)(H,90,94)/t58-,67+,71+,72+,73-,74+,75+,76+,82+,83-/m1/s1. The van der Waals surface area contributed by atoms with Gasteiger partial charge in [0.2, 0.25) is 23.6 Å². The van der Waals surface area contributed by atoms with E-state index < -0.39 is 52.2 Å². The summed E-state index contributed by atoms with van der Waals surface area (Å²) in [4.78, 5) is 78.9. The molecule has 0 saturated heterocycles. The lowest BCUT2D eigenvalue weighted by molar-refractivity contribution is -0.384. The van der Waals surface area contributed by atoms with Crippen LogP contribution in [-0.2, 0) is 47.2 Å². The zero-order valence-electron chi connectivity index (χ0n) is 60.4. The first kappa shape index (κ1) is 75.9. The summed E-state index contributed by atoms with van der Waals surface area (Å²) < 4.78 is 36.7. The van der Waals surface area contributed by atoms with Crippen molar-refractivity contribution in [2.24, 2.45) is 46.3 Å². The summed E-state index contributed by atoms with van der Waals surface area (Å²) in [6, 6.07) is 43.9. The number of halogens is 1. The van der Waals surface area contributed by atoms with Crippen LogP contribution in [0.3, 0.4) is 0 Å². The van der Waals surface area contributed by atoms with Crippen LogP contribution in [0.4, 0.5) is 20.6 Å². The van der Waals surface area contributed by atoms with E-state index in [2.05, 4.69) is 91.5 Å². The molecular weight excluding hydrogens is 1290 g/mol. The smallest absolute Gasteiger partial charge is 0.497 e. The molecule has 102 heavy (non-hydrogen) atoms. The molecule has 0 bridgehead atoms. The van der Waals surface area contributed by atoms with E-state index in [1.165, 1.54) is 87.8 Å². The minimum absolute atomic E-state index is 0.0654. The SMILES string of the molecule is COc1ccc(C(NCCCC[C@H](NC(=O)C[C@H](Cc2ccc(F)cc2)NC(=O)CCC(=O)NCCCO[C@H]2CC[C@@]3(C)C(=CC[C@H]4[C@@H]5CC[C@H]([C@H](C)CCCC(C)C)[C@@]5(C)CC[C@@H]43)C2)C(=O)Nc2ccc(COC(=O)Oc3ccc([N+](=O)[O-])cc3)cc2)(c2ccccc2)c2ccccc2)cc1. The van der Waals surface area contributed by atoms with Crippen molar-refractivity contribution in [3.63, 3.8) is 0 Å². The normalized spacial score (nSPS) is 21.5. The third-order valence-corrected chi connectivity index (χ3v) is 22.8. The lowest BCUT2D eigenvalue weighted by Gasteiger charge is -2.58. The zero-order valence-corrected chi connectivity index (χ0v) is 60.4. The fraction of sp³-hybridized carbons (Fsp3) is 0.488. The van der Waals surface area contributed by atoms with Crippen molar-refractivity contribution in [3.05, 3.63) is 213 Å². The summed E-state index contributed by atoms with van der Waals surface area (Å²) in [5.74, 6) is 3.41. The van der Waals surface area contributed by atoms with Gasteiger partial charge in [0, 0.05) is 56.3 Å². The number of allylic oxidation sites excluding steroid dienone is 1. The number of carbonyl (C=O) groups excluding carboxylic acids is 5. The van der Waals surface area contributed by atoms with Gasteiger partial charge in [-0.1, -0.05) is 163 Å². The Morgan fingerprint density at radius 2 is 1.33 bits per heavy atom. The second kappa shape index (κ2) is 35.9. The van der Waals surface area contributed by atoms with Crippen molar-refractivity contribution in [1.82, 2.24) is 21.3 Å². The van der Waals surface area contributed by atoms with Gasteiger partial charge >= 0.3 is 6.16 Å². The Kier molecular flexibility index (Phi) is 26.7. The molecule has 0 heterocycles. The van der Waals surface area contributed by atoms with Gasteiger partial charge < -0.3 is 40.2 Å². The number of hydrogen-bond donors (Lipinski definition) is 5. The first-order valence-electron chi connectivity index (χ1n) is 37.1. The summed E-state index contributed by atoms with van der Waals surface area (Å²) in [5.41, 5.74) is 6.02. The number of carbonyl (C=O) groups is 5. The number of unbranched alkanes of at least 4 members (excludes halogenated alkanes) is 1. The van der Waals surface area contributed by atoms with Crippen LogP contribution >= 0.6 is 0 Å². The van der Waals surface area contributed by atoms with E-state index in [1.807, 2.05) is 60.7 Å². The monoisotopic (exact) mass is 1390 g/mol. The van der Waals surface area contributed by atoms with Crippen LogP contribution in [0.2, 0.25) is 0 Å². The van der Waals surface area contributed by atoms with Gasteiger partial charge in [-0.3, -0.25) is 34.6 Å². The maximum absolute atomic E-state index is 14.5. The van der Waals surface area contributed by atoms with Crippen LogP contribution in [0.5, 0.6) is 11.5 Å². The zero-order chi connectivity index (χ0) is 72.2. The predicted octanol–water partition coefficient (Wildman–Crippen LogP) is 16.5. The van der Waals surface area contributed by atoms with Crippen molar-refractivity contribution in [2.75, 3.05) is 32.1 Å². The van der Waals surface area contributed by atoms with E-state index in [-0.39, 0.29) is 67.6 Å². The number of anilines is 1. The van der Waals surface area contributed by atoms with Gasteiger partial charge in [-0.05, 0) is 213 Å². The van der Waals surface area contributed by atoms with Crippen molar-refractivity contribution < 1.29 is 52.2 Å². The van der Waals surface area contributed by atoms with Gasteiger partial charge in [0.1, 0.15) is 30.0 Å². The highest BCUT2D eigenvalue weighted by Crippen LogP contribution is 2.67. The number of amides is 4. The Morgan fingerprint density at radius 3 is 2.01 bits per heavy atom. The Morgan fingerprint density at radius 1 is 0.667 bits per heavy atom. The number of nitro groups is 1. The number of methoxy groups -OCH3 is 1. The number of nitro benzene ring substituents is 1. The largest absolute Gasteiger partial charge is 0.514 e. The van der Waals surface area contributed by atoms with Gasteiger partial charge in [-0.25, -0.2) is 9.18 Å². The van der Waals surface area contributed by atoms with Crippen LogP contribution in [0.1, 0.15) is 178 Å². The summed E-state index contributed by atoms with van der Waals surface area (Å²) in [6.45, 7) is 13.7. The molecule has 18 heteroatoms. The molecule has 0 aromatic heterocycles. The van der Waals surface area contributed by atoms with E-state index in [0.29, 0.717) is 61.2 Å². The second-order valence-corrected chi connectivity index (χ2v) is 29.9. The average molecular weight is 1390 g/mol. The predicted molar refractivity (Wildman–Crippen MR) is 395 cm³/mol. The molecule has 0 radical (unpaired) electrons. The van der Waals surface area contributed by atoms with Crippen LogP contribution in [0.25, 0.3) is 0 Å². The molecule has 10 atom stereocenters. The van der Waals surface area contributed by atoms with E-state index in [1.54, 1.807) is 49.1 Å². The molecule has 6 aromatic rings. The summed E-state index contributed by atoms with van der Waals surface area (Å²) >= 11 is 0. The molecule has 4 aliphatic carbocycles. The lowest BCUT2D eigenvalue weighted by Crippen LogP contribution is -2.51. The molecule has 17 nitrogen and oxygen atoms in total. The topological polar surface area (TPSA) is 226 Å². The highest BCUT2D eigenvalue weighted by atomic mass is 19.1. The fourth-order valence-electron chi connectivity index (χ4n) is 17.4. The second-order valence-electron chi connectivity index (χ2n) is 29.9. The van der Waals surface area contributed by atoms with Gasteiger partial charge in [0.05, 0.1) is 23.7 Å². The van der Waals surface area contributed by atoms with E-state index in [4.69, 9.17) is 18.9 Å². The minimum Gasteiger partial charge on any atom is -0.497 e. The Bertz CT molecular complexity index is 3720. The number of benzene rings is 6. The number of fused-ring (bicyclic) bond motifs is 5. The molecule has 4 amide bonds. The molecule has 10 rings (SSSR count). The first-order chi connectivity index (χ1) is 49.2. The number of nitrogens with zero attached hydrogens (tertiary/aromatic N) is 1. The molecule has 0 aliphatic heterocycles. The molecule has 0 unspecified atom stereocenters. The average Bonchev–Trinajstić information content (AvgIpc) is 1.40. The first-order valence-corrected chi connectivity index (χ1v) is 37.1. The van der Waals surface area contributed by atoms with Crippen LogP contribution in [-0.4, -0.2) is 79.7 Å². The third kappa shape index (κ3) is 19.7. The van der Waals surface area contributed by atoms with Crippen LogP contribution in [0.15, 0.2) is 169 Å². The highest BCUT2D eigenvalue weighted by Gasteiger charge is 2.59. The number of rotatable bonds is 35. The van der Waals surface area contributed by atoms with Crippen molar-refractivity contribution in [2.45, 2.75) is 187 Å². The van der Waals surface area contributed by atoms with Crippen molar-refractivity contribution in [1.29, 1.82) is 0 Å². The molecule has 6 aromatic carbocycles. The molecule has 5 N–H and O–H groups in total. The highest BCUT2D eigenvalue weighted by molar-refractivity contribution is 5.97. The van der Waals surface area contributed by atoms with Gasteiger partial charge in [0.15, 0.2) is 0 Å². The maximum Gasteiger partial charge on any atom is 0.514 e. The lowest BCUT2D eigenvalue weighted by atomic mass is 9.47. The number of nitrogens with one attached hydrogen (secondary N) is 5. The number of hydrogen-bond acceptors (Lipinski definition) is 12. The molecule has 3 fully saturated rings. The van der Waals surface area contributed by atoms with E-state index in [9.17, 15) is 38.5 Å². The molecule has 544 valence electrons. The summed E-state index contributed by atoms with van der Waals surface area (Å²) in [6.07, 6.45) is 17.4. The minimum atomic E-state index is -1.05. The van der Waals surface area contributed by atoms with Crippen LogP contribution < -0.4 is 36.1 Å². The van der Waals surface area contributed by atoms with Gasteiger partial charge in [-0.2, -0.15) is 0 Å². The quantitative estimate of drug-likeness (QED) is 0.00476. The number of ether oxygens (including phenoxy) is 4. The molecular formula is C84H105FN6O11. The maximum atomic E-state index is 14.5.